The van der Waals surface area contributed by atoms with Crippen LogP contribution in [-0.4, -0.2) is 62.7 Å². The first-order valence-electron chi connectivity index (χ1n) is 13.5. The summed E-state index contributed by atoms with van der Waals surface area (Å²) in [4.78, 5) is 40.0. The van der Waals surface area contributed by atoms with Gasteiger partial charge in [-0.05, 0) is 68.5 Å². The second-order valence-electron chi connectivity index (χ2n) is 11.1. The largest absolute Gasteiger partial charge is 0.327 e. The van der Waals surface area contributed by atoms with Crippen LogP contribution in [0.4, 0.5) is 5.69 Å². The lowest BCUT2D eigenvalue weighted by atomic mass is 9.87. The fourth-order valence-corrected chi connectivity index (χ4v) is 7.29. The van der Waals surface area contributed by atoms with Crippen molar-refractivity contribution in [1.82, 2.24) is 24.2 Å². The second-order valence-corrected chi connectivity index (χ2v) is 12.2. The number of benzene rings is 1. The molecule has 0 saturated carbocycles. The van der Waals surface area contributed by atoms with Crippen LogP contribution in [0.25, 0.3) is 15.9 Å². The lowest BCUT2D eigenvalue weighted by Crippen LogP contribution is -2.46. The highest BCUT2D eigenvalue weighted by Crippen LogP contribution is 2.39. The number of pyridine rings is 1. The molecule has 0 bridgehead atoms. The highest BCUT2D eigenvalue weighted by Gasteiger charge is 2.35. The van der Waals surface area contributed by atoms with E-state index in [9.17, 15) is 9.59 Å². The van der Waals surface area contributed by atoms with Crippen LogP contribution in [0.1, 0.15) is 55.6 Å². The molecule has 0 unspecified atom stereocenters. The molecule has 0 radical (unpaired) electrons. The fraction of sp³-hybridized carbons (Fsp3) is 0.448. The SMILES string of the molecule is C[C@H]1CC[C@H](c2ccc3sc([C@H]4CCN(C)C[C@@H]4C)nc3c2)N(C(=O)C(=O)Nc2ccn3ccnc3c2)C1. The summed E-state index contributed by atoms with van der Waals surface area (Å²) in [5, 5.41) is 4.01. The number of nitrogens with one attached hydrogen (secondary N) is 1. The number of hydrogen-bond acceptors (Lipinski definition) is 6. The van der Waals surface area contributed by atoms with Gasteiger partial charge in [0.05, 0.1) is 21.3 Å². The smallest absolute Gasteiger partial charge is 0.313 e. The van der Waals surface area contributed by atoms with Crippen molar-refractivity contribution in [3.05, 3.63) is 59.5 Å². The van der Waals surface area contributed by atoms with Crippen LogP contribution in [0.3, 0.4) is 0 Å². The predicted octanol–water partition coefficient (Wildman–Crippen LogP) is 4.94. The topological polar surface area (TPSA) is 82.8 Å². The zero-order chi connectivity index (χ0) is 26.4. The minimum Gasteiger partial charge on any atom is -0.327 e. The molecule has 2 amide bonds. The first kappa shape index (κ1) is 25.0. The summed E-state index contributed by atoms with van der Waals surface area (Å²) in [5.74, 6) is 0.294. The maximum absolute atomic E-state index is 13.5. The van der Waals surface area contributed by atoms with Crippen molar-refractivity contribution in [3.8, 4) is 0 Å². The third-order valence-electron chi connectivity index (χ3n) is 8.17. The van der Waals surface area contributed by atoms with E-state index in [2.05, 4.69) is 54.3 Å². The lowest BCUT2D eigenvalue weighted by molar-refractivity contribution is -0.146. The number of piperidine rings is 2. The average molecular weight is 531 g/mol. The number of anilines is 1. The zero-order valence-electron chi connectivity index (χ0n) is 22.1. The Morgan fingerprint density at radius 1 is 1.05 bits per heavy atom. The molecule has 9 heteroatoms. The van der Waals surface area contributed by atoms with Crippen LogP contribution in [0, 0.1) is 11.8 Å². The number of carbonyl (C=O) groups is 2. The van der Waals surface area contributed by atoms with E-state index >= 15 is 0 Å². The average Bonchev–Trinajstić information content (AvgIpc) is 3.54. The van der Waals surface area contributed by atoms with E-state index in [1.54, 1.807) is 34.6 Å². The van der Waals surface area contributed by atoms with Crippen molar-refractivity contribution in [2.24, 2.45) is 11.8 Å². The van der Waals surface area contributed by atoms with Crippen molar-refractivity contribution < 1.29 is 9.59 Å². The highest BCUT2D eigenvalue weighted by molar-refractivity contribution is 7.18. The molecular formula is C29H34N6O2S. The van der Waals surface area contributed by atoms with Crippen LogP contribution >= 0.6 is 11.3 Å². The van der Waals surface area contributed by atoms with E-state index in [4.69, 9.17) is 4.98 Å². The molecule has 2 fully saturated rings. The monoisotopic (exact) mass is 530 g/mol. The lowest BCUT2D eigenvalue weighted by Gasteiger charge is -2.38. The van der Waals surface area contributed by atoms with Crippen LogP contribution in [0.2, 0.25) is 0 Å². The maximum Gasteiger partial charge on any atom is 0.313 e. The summed E-state index contributed by atoms with van der Waals surface area (Å²) < 4.78 is 3.04. The minimum absolute atomic E-state index is 0.143. The maximum atomic E-state index is 13.5. The van der Waals surface area contributed by atoms with E-state index in [0.717, 1.165) is 43.4 Å². The van der Waals surface area contributed by atoms with Gasteiger partial charge in [-0.2, -0.15) is 0 Å². The molecule has 4 atom stereocenters. The van der Waals surface area contributed by atoms with E-state index in [0.29, 0.717) is 35.6 Å². The van der Waals surface area contributed by atoms with Gasteiger partial charge in [-0.1, -0.05) is 19.9 Å². The third kappa shape index (κ3) is 4.80. The number of likely N-dealkylation sites (tertiary alicyclic amines) is 2. The van der Waals surface area contributed by atoms with Gasteiger partial charge in [0.1, 0.15) is 5.65 Å². The molecule has 1 N–H and O–H groups in total. The summed E-state index contributed by atoms with van der Waals surface area (Å²) in [5.41, 5.74) is 3.32. The molecule has 38 heavy (non-hydrogen) atoms. The minimum atomic E-state index is -0.617. The predicted molar refractivity (Wildman–Crippen MR) is 150 cm³/mol. The number of rotatable bonds is 3. The van der Waals surface area contributed by atoms with Gasteiger partial charge < -0.3 is 19.5 Å². The molecule has 5 heterocycles. The quantitative estimate of drug-likeness (QED) is 0.380. The fourth-order valence-electron chi connectivity index (χ4n) is 6.08. The Kier molecular flexibility index (Phi) is 6.65. The summed E-state index contributed by atoms with van der Waals surface area (Å²) in [6.07, 6.45) is 8.33. The zero-order valence-corrected chi connectivity index (χ0v) is 22.9. The first-order valence-corrected chi connectivity index (χ1v) is 14.3. The van der Waals surface area contributed by atoms with E-state index < -0.39 is 11.8 Å². The normalized spacial score (nSPS) is 24.7. The second kappa shape index (κ2) is 10.1. The van der Waals surface area contributed by atoms with Gasteiger partial charge in [0.2, 0.25) is 0 Å². The number of fused-ring (bicyclic) bond motifs is 2. The molecule has 4 aromatic rings. The summed E-state index contributed by atoms with van der Waals surface area (Å²) in [7, 11) is 2.19. The number of amides is 2. The van der Waals surface area contributed by atoms with Crippen molar-refractivity contribution in [1.29, 1.82) is 0 Å². The number of nitrogens with zero attached hydrogens (tertiary/aromatic N) is 5. The molecule has 0 aliphatic carbocycles. The van der Waals surface area contributed by atoms with Gasteiger partial charge in [-0.15, -0.1) is 11.3 Å². The van der Waals surface area contributed by atoms with E-state index in [-0.39, 0.29) is 6.04 Å². The molecule has 2 aliphatic rings. The Labute approximate surface area is 226 Å². The summed E-state index contributed by atoms with van der Waals surface area (Å²) >= 11 is 1.80. The molecule has 8 nitrogen and oxygen atoms in total. The molecular weight excluding hydrogens is 496 g/mol. The molecule has 198 valence electrons. The first-order chi connectivity index (χ1) is 18.4. The standard InChI is InChI=1S/C29H34N6O2S/c1-18-4-6-24(35(16-18)29(37)27(36)31-21-8-12-34-13-10-30-26(34)15-21)20-5-7-25-23(14-20)32-28(38-25)22-9-11-33(3)17-19(22)2/h5,7-8,10,12-15,18-19,22,24H,4,6,9,11,16-17H2,1-3H3,(H,31,36)/t18-,19-,22-,24+/m0/s1. The number of imidazole rings is 1. The molecule has 2 saturated heterocycles. The van der Waals surface area contributed by atoms with Gasteiger partial charge in [-0.3, -0.25) is 9.59 Å². The highest BCUT2D eigenvalue weighted by atomic mass is 32.1. The Balaban J connectivity index is 1.23. The van der Waals surface area contributed by atoms with Crippen LogP contribution in [-0.2, 0) is 9.59 Å². The van der Waals surface area contributed by atoms with Crippen molar-refractivity contribution in [3.63, 3.8) is 0 Å². The van der Waals surface area contributed by atoms with E-state index in [1.807, 2.05) is 16.8 Å². The van der Waals surface area contributed by atoms with Crippen molar-refractivity contribution >= 4 is 44.7 Å². The van der Waals surface area contributed by atoms with Crippen molar-refractivity contribution in [2.75, 3.05) is 32.0 Å². The Morgan fingerprint density at radius 3 is 2.76 bits per heavy atom. The van der Waals surface area contributed by atoms with E-state index in [1.165, 1.54) is 9.71 Å². The third-order valence-corrected chi connectivity index (χ3v) is 9.34. The van der Waals surface area contributed by atoms with Crippen LogP contribution < -0.4 is 5.32 Å². The van der Waals surface area contributed by atoms with Crippen LogP contribution in [0.5, 0.6) is 0 Å². The van der Waals surface area contributed by atoms with Gasteiger partial charge in [0, 0.05) is 49.4 Å². The number of thiazole rings is 1. The Bertz CT molecular complexity index is 1490. The number of carbonyl (C=O) groups excluding carboxylic acids is 2. The molecule has 0 spiro atoms. The molecule has 3 aromatic heterocycles. The van der Waals surface area contributed by atoms with Gasteiger partial charge >= 0.3 is 11.8 Å². The Hall–Kier alpha value is -3.30. The summed E-state index contributed by atoms with van der Waals surface area (Å²) in [6.45, 7) is 7.22. The number of aromatic nitrogens is 3. The molecule has 1 aromatic carbocycles. The summed E-state index contributed by atoms with van der Waals surface area (Å²) in [6, 6.07) is 9.80. The van der Waals surface area contributed by atoms with Gasteiger partial charge in [0.25, 0.3) is 0 Å². The van der Waals surface area contributed by atoms with Crippen LogP contribution in [0.15, 0.2) is 48.9 Å². The van der Waals surface area contributed by atoms with Crippen molar-refractivity contribution in [2.45, 2.75) is 45.1 Å². The number of hydrogen-bond donors (Lipinski definition) is 1. The van der Waals surface area contributed by atoms with Gasteiger partial charge in [0.15, 0.2) is 0 Å². The molecule has 2 aliphatic heterocycles. The molecule has 6 rings (SSSR count). The van der Waals surface area contributed by atoms with Gasteiger partial charge in [-0.25, -0.2) is 9.97 Å². The Morgan fingerprint density at radius 2 is 1.92 bits per heavy atom.